The Labute approximate surface area is 112 Å². The molecule has 1 aliphatic heterocycles. The molecular weight excluding hydrogens is 306 g/mol. The predicted octanol–water partition coefficient (Wildman–Crippen LogP) is 2.06. The molecule has 1 aliphatic rings. The fourth-order valence-electron chi connectivity index (χ4n) is 1.85. The third-order valence-corrected chi connectivity index (χ3v) is 3.61. The lowest BCUT2D eigenvalue weighted by molar-refractivity contribution is -0.123. The van der Waals surface area contributed by atoms with Crippen LogP contribution < -0.4 is 10.6 Å². The van der Waals surface area contributed by atoms with Gasteiger partial charge in [-0.3, -0.25) is 10.1 Å². The summed E-state index contributed by atoms with van der Waals surface area (Å²) >= 11 is 3.36. The second-order valence-electron chi connectivity index (χ2n) is 4.30. The molecule has 1 aromatic rings. The Balaban J connectivity index is 1.88. The van der Waals surface area contributed by atoms with E-state index in [4.69, 9.17) is 0 Å². The van der Waals surface area contributed by atoms with E-state index >= 15 is 0 Å². The van der Waals surface area contributed by atoms with E-state index < -0.39 is 24.9 Å². The van der Waals surface area contributed by atoms with Crippen molar-refractivity contribution in [3.63, 3.8) is 0 Å². The Morgan fingerprint density at radius 1 is 1.50 bits per heavy atom. The zero-order chi connectivity index (χ0) is 13.2. The van der Waals surface area contributed by atoms with Crippen LogP contribution in [0.4, 0.5) is 8.78 Å². The summed E-state index contributed by atoms with van der Waals surface area (Å²) in [6.07, 6.45) is -0.436. The minimum atomic E-state index is -2.78. The standard InChI is InChI=1S/C12H13BrF2N2O/c13-9-4-2-1-3-8(9)6-16-11(18)10-5-12(14,15)7-17-10/h1-4,10,17H,5-7H2,(H,16,18). The Bertz CT molecular complexity index is 453. The van der Waals surface area contributed by atoms with E-state index in [0.29, 0.717) is 6.54 Å². The van der Waals surface area contributed by atoms with Gasteiger partial charge in [-0.15, -0.1) is 0 Å². The van der Waals surface area contributed by atoms with Gasteiger partial charge in [-0.1, -0.05) is 34.1 Å². The molecule has 3 nitrogen and oxygen atoms in total. The first kappa shape index (κ1) is 13.4. The third-order valence-electron chi connectivity index (χ3n) is 2.84. The Kier molecular flexibility index (Phi) is 3.97. The molecule has 2 N–H and O–H groups in total. The predicted molar refractivity (Wildman–Crippen MR) is 67.3 cm³/mol. The van der Waals surface area contributed by atoms with Crippen molar-refractivity contribution in [2.45, 2.75) is 24.9 Å². The zero-order valence-corrected chi connectivity index (χ0v) is 11.1. The number of nitrogens with one attached hydrogen (secondary N) is 2. The summed E-state index contributed by atoms with van der Waals surface area (Å²) in [5.41, 5.74) is 0.913. The molecule has 1 amide bonds. The van der Waals surface area contributed by atoms with E-state index in [2.05, 4.69) is 26.6 Å². The molecule has 0 aromatic heterocycles. The molecule has 0 saturated carbocycles. The lowest BCUT2D eigenvalue weighted by Gasteiger charge is -2.12. The number of carbonyl (C=O) groups excluding carboxylic acids is 1. The first-order chi connectivity index (χ1) is 8.48. The maximum atomic E-state index is 12.9. The average Bonchev–Trinajstić information content (AvgIpc) is 2.68. The smallest absolute Gasteiger partial charge is 0.262 e. The normalized spacial score (nSPS) is 21.8. The highest BCUT2D eigenvalue weighted by Crippen LogP contribution is 2.25. The van der Waals surface area contributed by atoms with Gasteiger partial charge in [0.15, 0.2) is 0 Å². The zero-order valence-electron chi connectivity index (χ0n) is 9.55. The molecule has 1 saturated heterocycles. The van der Waals surface area contributed by atoms with Gasteiger partial charge in [-0.25, -0.2) is 8.78 Å². The molecular formula is C12H13BrF2N2O. The van der Waals surface area contributed by atoms with Crippen LogP contribution in [0.15, 0.2) is 28.7 Å². The SMILES string of the molecule is O=C(NCc1ccccc1Br)C1CC(F)(F)CN1. The Morgan fingerprint density at radius 3 is 2.83 bits per heavy atom. The van der Waals surface area contributed by atoms with Gasteiger partial charge in [0.25, 0.3) is 5.92 Å². The number of carbonyl (C=O) groups is 1. The van der Waals surface area contributed by atoms with Crippen LogP contribution in [0.5, 0.6) is 0 Å². The molecule has 2 rings (SSSR count). The lowest BCUT2D eigenvalue weighted by Crippen LogP contribution is -2.40. The van der Waals surface area contributed by atoms with Crippen molar-refractivity contribution < 1.29 is 13.6 Å². The molecule has 0 aliphatic carbocycles. The minimum Gasteiger partial charge on any atom is -0.351 e. The van der Waals surface area contributed by atoms with Crippen LogP contribution in [0.3, 0.4) is 0 Å². The molecule has 98 valence electrons. The van der Waals surface area contributed by atoms with Gasteiger partial charge in [0, 0.05) is 17.4 Å². The van der Waals surface area contributed by atoms with Crippen molar-refractivity contribution >= 4 is 21.8 Å². The van der Waals surface area contributed by atoms with E-state index in [1.165, 1.54) is 0 Å². The van der Waals surface area contributed by atoms with Gasteiger partial charge < -0.3 is 5.32 Å². The number of benzene rings is 1. The maximum Gasteiger partial charge on any atom is 0.262 e. The van der Waals surface area contributed by atoms with E-state index in [0.717, 1.165) is 10.0 Å². The highest BCUT2D eigenvalue weighted by atomic mass is 79.9. The van der Waals surface area contributed by atoms with E-state index in [1.54, 1.807) is 0 Å². The number of hydrogen-bond donors (Lipinski definition) is 2. The molecule has 0 radical (unpaired) electrons. The van der Waals surface area contributed by atoms with Crippen LogP contribution in [0, 0.1) is 0 Å². The van der Waals surface area contributed by atoms with Crippen LogP contribution in [0.25, 0.3) is 0 Å². The van der Waals surface area contributed by atoms with Crippen molar-refractivity contribution in [2.24, 2.45) is 0 Å². The maximum absolute atomic E-state index is 12.9. The van der Waals surface area contributed by atoms with Crippen molar-refractivity contribution in [1.29, 1.82) is 0 Å². The number of alkyl halides is 2. The first-order valence-electron chi connectivity index (χ1n) is 5.60. The second kappa shape index (κ2) is 5.32. The summed E-state index contributed by atoms with van der Waals surface area (Å²) in [5.74, 6) is -3.17. The van der Waals surface area contributed by atoms with Crippen molar-refractivity contribution in [3.05, 3.63) is 34.3 Å². The first-order valence-corrected chi connectivity index (χ1v) is 6.39. The molecule has 1 heterocycles. The van der Waals surface area contributed by atoms with Gasteiger partial charge in [0.05, 0.1) is 12.6 Å². The van der Waals surface area contributed by atoms with E-state index in [-0.39, 0.29) is 5.91 Å². The lowest BCUT2D eigenvalue weighted by atomic mass is 10.1. The molecule has 0 spiro atoms. The summed E-state index contributed by atoms with van der Waals surface area (Å²) in [7, 11) is 0. The topological polar surface area (TPSA) is 41.1 Å². The van der Waals surface area contributed by atoms with Crippen molar-refractivity contribution in [2.75, 3.05) is 6.54 Å². The van der Waals surface area contributed by atoms with Crippen LogP contribution in [-0.4, -0.2) is 24.4 Å². The van der Waals surface area contributed by atoms with E-state index in [1.807, 2.05) is 24.3 Å². The van der Waals surface area contributed by atoms with Gasteiger partial charge in [-0.2, -0.15) is 0 Å². The summed E-state index contributed by atoms with van der Waals surface area (Å²) in [6.45, 7) is -0.107. The highest BCUT2D eigenvalue weighted by Gasteiger charge is 2.42. The Hall–Kier alpha value is -1.01. The molecule has 1 unspecified atom stereocenters. The average molecular weight is 319 g/mol. The van der Waals surface area contributed by atoms with E-state index in [9.17, 15) is 13.6 Å². The van der Waals surface area contributed by atoms with Crippen LogP contribution in [0.1, 0.15) is 12.0 Å². The fraction of sp³-hybridized carbons (Fsp3) is 0.417. The van der Waals surface area contributed by atoms with Crippen molar-refractivity contribution in [3.8, 4) is 0 Å². The minimum absolute atomic E-state index is 0.323. The van der Waals surface area contributed by atoms with Crippen LogP contribution in [0.2, 0.25) is 0 Å². The second-order valence-corrected chi connectivity index (χ2v) is 5.16. The van der Waals surface area contributed by atoms with Crippen molar-refractivity contribution in [1.82, 2.24) is 10.6 Å². The monoisotopic (exact) mass is 318 g/mol. The molecule has 18 heavy (non-hydrogen) atoms. The molecule has 0 bridgehead atoms. The quantitative estimate of drug-likeness (QED) is 0.895. The summed E-state index contributed by atoms with van der Waals surface area (Å²) < 4.78 is 26.7. The number of halogens is 3. The van der Waals surface area contributed by atoms with Gasteiger partial charge >= 0.3 is 0 Å². The third kappa shape index (κ3) is 3.26. The number of amides is 1. The molecule has 6 heteroatoms. The van der Waals surface area contributed by atoms with Gasteiger partial charge in [0.1, 0.15) is 0 Å². The molecule has 1 atom stereocenters. The summed E-state index contributed by atoms with van der Waals surface area (Å²) in [6, 6.07) is 6.65. The Morgan fingerprint density at radius 2 is 2.22 bits per heavy atom. The number of hydrogen-bond acceptors (Lipinski definition) is 2. The van der Waals surface area contributed by atoms with Crippen LogP contribution >= 0.6 is 15.9 Å². The summed E-state index contributed by atoms with van der Waals surface area (Å²) in [5, 5.41) is 5.18. The van der Waals surface area contributed by atoms with Gasteiger partial charge in [-0.05, 0) is 11.6 Å². The van der Waals surface area contributed by atoms with Crippen LogP contribution in [-0.2, 0) is 11.3 Å². The molecule has 1 fully saturated rings. The molecule has 1 aromatic carbocycles. The number of rotatable bonds is 3. The largest absolute Gasteiger partial charge is 0.351 e. The highest BCUT2D eigenvalue weighted by molar-refractivity contribution is 9.10. The fourth-order valence-corrected chi connectivity index (χ4v) is 2.27. The van der Waals surface area contributed by atoms with Gasteiger partial charge in [0.2, 0.25) is 5.91 Å². The summed E-state index contributed by atoms with van der Waals surface area (Å²) in [4.78, 5) is 11.7.